The van der Waals surface area contributed by atoms with Crippen molar-refractivity contribution in [2.45, 2.75) is 43.7 Å². The van der Waals surface area contributed by atoms with Crippen molar-refractivity contribution < 1.29 is 0 Å². The third kappa shape index (κ3) is 3.45. The molecule has 1 aromatic carbocycles. The molecule has 0 bridgehead atoms. The van der Waals surface area contributed by atoms with Crippen LogP contribution >= 0.6 is 0 Å². The maximum Gasteiger partial charge on any atom is 0.0608 e. The molecule has 28 heavy (non-hydrogen) atoms. The molecule has 3 aliphatic carbocycles. The minimum atomic E-state index is -0.192. The molecule has 0 saturated carbocycles. The largest absolute Gasteiger partial charge is 0.402 e. The molecule has 4 rings (SSSR count). The number of nitrogens with two attached hydrogens (primary N) is 2. The lowest BCUT2D eigenvalue weighted by Gasteiger charge is -2.52. The summed E-state index contributed by atoms with van der Waals surface area (Å²) in [6.07, 6.45) is 11.6. The Balaban J connectivity index is 1.80. The van der Waals surface area contributed by atoms with Gasteiger partial charge in [-0.15, -0.1) is 0 Å². The summed E-state index contributed by atoms with van der Waals surface area (Å²) >= 11 is 0. The second-order valence-corrected chi connectivity index (χ2v) is 8.37. The number of nitrogens with zero attached hydrogens (tertiary/aromatic N) is 1. The predicted octanol–water partition coefficient (Wildman–Crippen LogP) is 3.75. The van der Waals surface area contributed by atoms with Crippen molar-refractivity contribution in [1.29, 1.82) is 5.53 Å². The fraction of sp³-hybridized carbons (Fsp3) is 0.478. The van der Waals surface area contributed by atoms with Gasteiger partial charge in [-0.3, -0.25) is 0 Å². The van der Waals surface area contributed by atoms with Crippen molar-refractivity contribution in [2.24, 2.45) is 28.4 Å². The highest BCUT2D eigenvalue weighted by Gasteiger charge is 2.49. The van der Waals surface area contributed by atoms with E-state index >= 15 is 0 Å². The Hall–Kier alpha value is -2.24. The molecular formula is C23H31N5. The molecule has 1 aromatic rings. The number of fused-ring (bicyclic) bond motifs is 2. The van der Waals surface area contributed by atoms with Crippen LogP contribution in [0, 0.1) is 17.4 Å². The molecule has 0 saturated heterocycles. The minimum absolute atomic E-state index is 0.107. The third-order valence-corrected chi connectivity index (χ3v) is 6.62. The molecule has 5 heteroatoms. The smallest absolute Gasteiger partial charge is 0.0608 e. The van der Waals surface area contributed by atoms with Gasteiger partial charge < -0.3 is 16.8 Å². The first-order chi connectivity index (χ1) is 13.6. The van der Waals surface area contributed by atoms with Crippen LogP contribution < -0.4 is 16.8 Å². The van der Waals surface area contributed by atoms with Crippen molar-refractivity contribution in [3.8, 4) is 0 Å². The van der Waals surface area contributed by atoms with E-state index in [1.165, 1.54) is 16.7 Å². The Bertz CT molecular complexity index is 810. The molecule has 0 fully saturated rings. The van der Waals surface area contributed by atoms with Gasteiger partial charge in [0.2, 0.25) is 0 Å². The van der Waals surface area contributed by atoms with Gasteiger partial charge in [0.1, 0.15) is 0 Å². The maximum atomic E-state index is 7.10. The van der Waals surface area contributed by atoms with E-state index in [0.29, 0.717) is 18.4 Å². The van der Waals surface area contributed by atoms with E-state index in [4.69, 9.17) is 17.0 Å². The SMILES string of the molecule is N=NCCCNC1(c2ccccc2)CC2=C(C=CC(N)C2)C2CCC(N)=CC21. The van der Waals surface area contributed by atoms with Crippen LogP contribution in [0.15, 0.2) is 70.5 Å². The third-order valence-electron chi connectivity index (χ3n) is 6.62. The second-order valence-electron chi connectivity index (χ2n) is 8.37. The van der Waals surface area contributed by atoms with E-state index in [-0.39, 0.29) is 11.6 Å². The molecule has 0 aliphatic heterocycles. The van der Waals surface area contributed by atoms with Gasteiger partial charge in [0.15, 0.2) is 0 Å². The van der Waals surface area contributed by atoms with Gasteiger partial charge in [0.05, 0.1) is 12.1 Å². The Morgan fingerprint density at radius 3 is 2.86 bits per heavy atom. The monoisotopic (exact) mass is 377 g/mol. The molecule has 6 N–H and O–H groups in total. The van der Waals surface area contributed by atoms with Crippen LogP contribution in [-0.2, 0) is 5.54 Å². The van der Waals surface area contributed by atoms with Crippen LogP contribution in [0.4, 0.5) is 0 Å². The van der Waals surface area contributed by atoms with Crippen molar-refractivity contribution in [2.75, 3.05) is 13.1 Å². The zero-order valence-electron chi connectivity index (χ0n) is 16.4. The molecule has 3 aliphatic rings. The number of allylic oxidation sites excluding steroid dienone is 3. The first kappa shape index (κ1) is 19.1. The number of benzene rings is 1. The van der Waals surface area contributed by atoms with E-state index in [0.717, 1.165) is 44.3 Å². The summed E-state index contributed by atoms with van der Waals surface area (Å²) in [6, 6.07) is 10.9. The van der Waals surface area contributed by atoms with Gasteiger partial charge >= 0.3 is 0 Å². The Morgan fingerprint density at radius 2 is 2.07 bits per heavy atom. The highest BCUT2D eigenvalue weighted by Crippen LogP contribution is 2.53. The van der Waals surface area contributed by atoms with Crippen LogP contribution in [0.1, 0.15) is 37.7 Å². The number of nitrogens with one attached hydrogen (secondary N) is 2. The lowest BCUT2D eigenvalue weighted by molar-refractivity contribution is 0.164. The van der Waals surface area contributed by atoms with Gasteiger partial charge in [0.25, 0.3) is 0 Å². The highest BCUT2D eigenvalue weighted by atomic mass is 15.0. The fourth-order valence-corrected chi connectivity index (χ4v) is 5.38. The highest BCUT2D eigenvalue weighted by molar-refractivity contribution is 5.45. The van der Waals surface area contributed by atoms with E-state index in [2.05, 4.69) is 59.0 Å². The first-order valence-corrected chi connectivity index (χ1v) is 10.4. The summed E-state index contributed by atoms with van der Waals surface area (Å²) in [5, 5.41) is 7.44. The van der Waals surface area contributed by atoms with Crippen LogP contribution in [0.3, 0.4) is 0 Å². The predicted molar refractivity (Wildman–Crippen MR) is 113 cm³/mol. The number of hydrogen-bond acceptors (Lipinski definition) is 5. The summed E-state index contributed by atoms with van der Waals surface area (Å²) in [5.74, 6) is 0.780. The van der Waals surface area contributed by atoms with E-state index in [9.17, 15) is 0 Å². The van der Waals surface area contributed by atoms with Crippen LogP contribution in [0.2, 0.25) is 0 Å². The minimum Gasteiger partial charge on any atom is -0.402 e. The zero-order chi connectivity index (χ0) is 19.6. The molecule has 4 atom stereocenters. The average Bonchev–Trinajstić information content (AvgIpc) is 2.71. The van der Waals surface area contributed by atoms with E-state index < -0.39 is 0 Å². The zero-order valence-corrected chi connectivity index (χ0v) is 16.4. The molecule has 148 valence electrons. The average molecular weight is 378 g/mol. The molecule has 4 unspecified atom stereocenters. The first-order valence-electron chi connectivity index (χ1n) is 10.4. The van der Waals surface area contributed by atoms with Crippen LogP contribution in [0.5, 0.6) is 0 Å². The molecule has 0 radical (unpaired) electrons. The normalized spacial score (nSPS) is 31.8. The summed E-state index contributed by atoms with van der Waals surface area (Å²) in [4.78, 5) is 0. The van der Waals surface area contributed by atoms with Gasteiger partial charge in [-0.25, -0.2) is 5.53 Å². The quantitative estimate of drug-likeness (QED) is 0.449. The van der Waals surface area contributed by atoms with Crippen molar-refractivity contribution >= 4 is 0 Å². The van der Waals surface area contributed by atoms with Gasteiger partial charge in [-0.05, 0) is 55.7 Å². The van der Waals surface area contributed by atoms with Crippen LogP contribution in [-0.4, -0.2) is 19.1 Å². The molecule has 0 aromatic heterocycles. The summed E-state index contributed by atoms with van der Waals surface area (Å²) in [6.45, 7) is 1.39. The lowest BCUT2D eigenvalue weighted by Crippen LogP contribution is -2.55. The number of rotatable bonds is 6. The number of hydrogen-bond donors (Lipinski definition) is 4. The van der Waals surface area contributed by atoms with E-state index in [1.807, 2.05) is 0 Å². The van der Waals surface area contributed by atoms with Crippen molar-refractivity contribution in [3.63, 3.8) is 0 Å². The Labute approximate surface area is 167 Å². The maximum absolute atomic E-state index is 7.10. The lowest BCUT2D eigenvalue weighted by atomic mass is 9.57. The summed E-state index contributed by atoms with van der Waals surface area (Å²) < 4.78 is 0. The van der Waals surface area contributed by atoms with Crippen molar-refractivity contribution in [1.82, 2.24) is 5.32 Å². The topological polar surface area (TPSA) is 100 Å². The summed E-state index contributed by atoms with van der Waals surface area (Å²) in [5.41, 5.74) is 24.8. The molecule has 0 heterocycles. The molecular weight excluding hydrogens is 346 g/mol. The van der Waals surface area contributed by atoms with Gasteiger partial charge in [-0.2, -0.15) is 5.11 Å². The standard InChI is InChI=1S/C23H31N5/c24-18-7-9-20-16(13-18)15-23(27-11-4-12-28-26,17-5-2-1-3-6-17)22-14-19(25)8-10-21(20)22/h1-3,5-7,9,14,18,21-22,26-27H,4,8,10-13,15,24-25H2. The van der Waals surface area contributed by atoms with Crippen LogP contribution in [0.25, 0.3) is 0 Å². The molecule has 5 nitrogen and oxygen atoms in total. The fourth-order valence-electron chi connectivity index (χ4n) is 5.38. The van der Waals surface area contributed by atoms with Gasteiger partial charge in [0, 0.05) is 17.7 Å². The van der Waals surface area contributed by atoms with E-state index in [1.54, 1.807) is 0 Å². The van der Waals surface area contributed by atoms with Crippen molar-refractivity contribution in [3.05, 3.63) is 71.0 Å². The molecule has 0 amide bonds. The second kappa shape index (κ2) is 8.02. The van der Waals surface area contributed by atoms with Gasteiger partial charge in [-0.1, -0.05) is 54.1 Å². The summed E-state index contributed by atoms with van der Waals surface area (Å²) in [7, 11) is 0. The Morgan fingerprint density at radius 1 is 1.25 bits per heavy atom. The Kier molecular flexibility index (Phi) is 5.47. The molecule has 0 spiro atoms.